The number of carbonyl (C=O) groups excluding carboxylic acids is 1. The van der Waals surface area contributed by atoms with Gasteiger partial charge in [-0.15, -0.1) is 0 Å². The van der Waals surface area contributed by atoms with Crippen molar-refractivity contribution in [2.24, 2.45) is 28.6 Å². The minimum Gasteiger partial charge on any atom is -0.299 e. The second-order valence-electron chi connectivity index (χ2n) is 8.19. The minimum absolute atomic E-state index is 0.000717. The lowest BCUT2D eigenvalue weighted by molar-refractivity contribution is -0.131. The highest BCUT2D eigenvalue weighted by Crippen LogP contribution is 2.63. The molecule has 0 unspecified atom stereocenters. The van der Waals surface area contributed by atoms with Crippen LogP contribution in [0.25, 0.3) is 0 Å². The van der Waals surface area contributed by atoms with Crippen molar-refractivity contribution < 1.29 is 4.79 Å². The lowest BCUT2D eigenvalue weighted by Gasteiger charge is -2.55. The lowest BCUT2D eigenvalue weighted by atomic mass is 9.48. The summed E-state index contributed by atoms with van der Waals surface area (Å²) < 4.78 is 0. The Morgan fingerprint density at radius 2 is 1.95 bits per heavy atom. The summed E-state index contributed by atoms with van der Waals surface area (Å²) in [4.78, 5) is 12.4. The molecule has 0 aromatic rings. The third-order valence-corrected chi connectivity index (χ3v) is 7.36. The summed E-state index contributed by atoms with van der Waals surface area (Å²) in [5.41, 5.74) is 2.96. The normalized spacial score (nSPS) is 48.5. The standard InChI is InChI=1S/C20H26O/c1-13-8-10-19(2)14(12-13)4-5-15-16-6-7-18(21)20(16,3)11-9-17(15)19/h8,10,12,15-17H,1,4-7,9,11H2,2-3H3/t15-,16-,17-,19-,20+/m1/s1. The zero-order valence-corrected chi connectivity index (χ0v) is 13.3. The SMILES string of the molecule is C=C1C=C[C@]2(C)C(=C1)CC[C@H]1[C@H]2CC[C@]2(C)C(=O)CC[C@H]12. The number of fused-ring (bicyclic) bond motifs is 5. The molecule has 4 aliphatic rings. The van der Waals surface area contributed by atoms with Gasteiger partial charge >= 0.3 is 0 Å². The molecule has 3 saturated carbocycles. The molecule has 112 valence electrons. The Morgan fingerprint density at radius 3 is 2.76 bits per heavy atom. The van der Waals surface area contributed by atoms with Crippen LogP contribution in [0.5, 0.6) is 0 Å². The molecule has 0 N–H and O–H groups in total. The van der Waals surface area contributed by atoms with Gasteiger partial charge in [-0.05, 0) is 55.4 Å². The van der Waals surface area contributed by atoms with E-state index in [1.165, 1.54) is 19.3 Å². The number of hydrogen-bond donors (Lipinski definition) is 0. The Labute approximate surface area is 128 Å². The van der Waals surface area contributed by atoms with Gasteiger partial charge in [0, 0.05) is 17.3 Å². The van der Waals surface area contributed by atoms with Crippen molar-refractivity contribution in [3.05, 3.63) is 36.0 Å². The van der Waals surface area contributed by atoms with Crippen LogP contribution in [0.4, 0.5) is 0 Å². The average Bonchev–Trinajstić information content (AvgIpc) is 2.76. The number of Topliss-reactive ketones (excluding diaryl/α,β-unsaturated/α-hetero) is 1. The van der Waals surface area contributed by atoms with E-state index in [9.17, 15) is 4.79 Å². The first kappa shape index (κ1) is 13.5. The van der Waals surface area contributed by atoms with Gasteiger partial charge in [-0.2, -0.15) is 0 Å². The van der Waals surface area contributed by atoms with Crippen molar-refractivity contribution in [3.63, 3.8) is 0 Å². The molecule has 3 fully saturated rings. The molecule has 5 atom stereocenters. The smallest absolute Gasteiger partial charge is 0.139 e. The maximum atomic E-state index is 12.4. The number of rotatable bonds is 0. The van der Waals surface area contributed by atoms with Crippen LogP contribution in [0.3, 0.4) is 0 Å². The van der Waals surface area contributed by atoms with Gasteiger partial charge in [-0.1, -0.05) is 44.2 Å². The second-order valence-corrected chi connectivity index (χ2v) is 8.19. The van der Waals surface area contributed by atoms with Crippen molar-refractivity contribution in [2.75, 3.05) is 0 Å². The summed E-state index contributed by atoms with van der Waals surface area (Å²) in [7, 11) is 0. The Hall–Kier alpha value is -1.11. The number of allylic oxidation sites excluding steroid dienone is 5. The van der Waals surface area contributed by atoms with E-state index >= 15 is 0 Å². The van der Waals surface area contributed by atoms with Gasteiger partial charge in [0.1, 0.15) is 5.78 Å². The molecule has 0 aromatic carbocycles. The van der Waals surface area contributed by atoms with Crippen LogP contribution in [0.2, 0.25) is 0 Å². The summed E-state index contributed by atoms with van der Waals surface area (Å²) >= 11 is 0. The third kappa shape index (κ3) is 1.67. The first-order chi connectivity index (χ1) is 9.95. The first-order valence-electron chi connectivity index (χ1n) is 8.58. The summed E-state index contributed by atoms with van der Waals surface area (Å²) in [6, 6.07) is 0. The molecule has 1 nitrogen and oxygen atoms in total. The van der Waals surface area contributed by atoms with Gasteiger partial charge in [-0.3, -0.25) is 4.79 Å². The summed E-state index contributed by atoms with van der Waals surface area (Å²) in [5.74, 6) is 2.66. The fraction of sp³-hybridized carbons (Fsp3) is 0.650. The van der Waals surface area contributed by atoms with Crippen LogP contribution in [0, 0.1) is 28.6 Å². The predicted molar refractivity (Wildman–Crippen MR) is 85.8 cm³/mol. The zero-order chi connectivity index (χ0) is 14.8. The van der Waals surface area contributed by atoms with Gasteiger partial charge in [-0.25, -0.2) is 0 Å². The van der Waals surface area contributed by atoms with E-state index in [-0.39, 0.29) is 10.8 Å². The van der Waals surface area contributed by atoms with E-state index in [1.54, 1.807) is 5.57 Å². The van der Waals surface area contributed by atoms with E-state index in [4.69, 9.17) is 0 Å². The van der Waals surface area contributed by atoms with Crippen molar-refractivity contribution in [2.45, 2.75) is 52.4 Å². The van der Waals surface area contributed by atoms with Gasteiger partial charge < -0.3 is 0 Å². The maximum Gasteiger partial charge on any atom is 0.139 e. The first-order valence-corrected chi connectivity index (χ1v) is 8.58. The van der Waals surface area contributed by atoms with Crippen molar-refractivity contribution in [1.82, 2.24) is 0 Å². The second kappa shape index (κ2) is 4.21. The molecular weight excluding hydrogens is 256 g/mol. The number of hydrogen-bond acceptors (Lipinski definition) is 1. The molecule has 0 heterocycles. The summed E-state index contributed by atoms with van der Waals surface area (Å²) in [5, 5.41) is 0. The number of ketones is 1. The summed E-state index contributed by atoms with van der Waals surface area (Å²) in [6.45, 7) is 8.79. The fourth-order valence-corrected chi connectivity index (χ4v) is 6.05. The van der Waals surface area contributed by atoms with Crippen LogP contribution < -0.4 is 0 Å². The molecular formula is C20H26O. The largest absolute Gasteiger partial charge is 0.299 e. The van der Waals surface area contributed by atoms with Gasteiger partial charge in [0.25, 0.3) is 0 Å². The Morgan fingerprint density at radius 1 is 1.14 bits per heavy atom. The monoisotopic (exact) mass is 282 g/mol. The van der Waals surface area contributed by atoms with Gasteiger partial charge in [0.2, 0.25) is 0 Å². The molecule has 0 spiro atoms. The van der Waals surface area contributed by atoms with Crippen molar-refractivity contribution in [3.8, 4) is 0 Å². The van der Waals surface area contributed by atoms with Crippen LogP contribution in [0.15, 0.2) is 36.0 Å². The molecule has 4 aliphatic carbocycles. The van der Waals surface area contributed by atoms with Gasteiger partial charge in [0.15, 0.2) is 0 Å². The average molecular weight is 282 g/mol. The Kier molecular flexibility index (Phi) is 2.72. The van der Waals surface area contributed by atoms with Gasteiger partial charge in [0.05, 0.1) is 0 Å². The van der Waals surface area contributed by atoms with Crippen LogP contribution in [-0.2, 0) is 4.79 Å². The topological polar surface area (TPSA) is 17.1 Å². The van der Waals surface area contributed by atoms with E-state index in [0.717, 1.165) is 36.7 Å². The molecule has 0 saturated heterocycles. The molecule has 4 rings (SSSR count). The van der Waals surface area contributed by atoms with E-state index in [1.807, 2.05) is 0 Å². The Balaban J connectivity index is 1.72. The third-order valence-electron chi connectivity index (χ3n) is 7.36. The zero-order valence-electron chi connectivity index (χ0n) is 13.3. The van der Waals surface area contributed by atoms with E-state index in [0.29, 0.717) is 11.7 Å². The highest BCUT2D eigenvalue weighted by molar-refractivity contribution is 5.87. The molecule has 1 heteroatoms. The molecule has 0 aromatic heterocycles. The molecule has 0 bridgehead atoms. The quantitative estimate of drug-likeness (QED) is 0.620. The molecule has 0 amide bonds. The van der Waals surface area contributed by atoms with Crippen LogP contribution in [-0.4, -0.2) is 5.78 Å². The van der Waals surface area contributed by atoms with E-state index in [2.05, 4.69) is 38.7 Å². The maximum absolute atomic E-state index is 12.4. The summed E-state index contributed by atoms with van der Waals surface area (Å²) in [6.07, 6.45) is 13.7. The van der Waals surface area contributed by atoms with Crippen molar-refractivity contribution in [1.29, 1.82) is 0 Å². The van der Waals surface area contributed by atoms with Crippen molar-refractivity contribution >= 4 is 5.78 Å². The lowest BCUT2D eigenvalue weighted by Crippen LogP contribution is -2.49. The molecule has 21 heavy (non-hydrogen) atoms. The highest BCUT2D eigenvalue weighted by atomic mass is 16.1. The Bertz CT molecular complexity index is 581. The van der Waals surface area contributed by atoms with Crippen LogP contribution >= 0.6 is 0 Å². The highest BCUT2D eigenvalue weighted by Gasteiger charge is 2.58. The minimum atomic E-state index is 0.000717. The molecule has 0 radical (unpaired) electrons. The van der Waals surface area contributed by atoms with Crippen LogP contribution in [0.1, 0.15) is 52.4 Å². The number of carbonyl (C=O) groups is 1. The fourth-order valence-electron chi connectivity index (χ4n) is 6.05. The van der Waals surface area contributed by atoms with E-state index < -0.39 is 0 Å². The molecule has 0 aliphatic heterocycles. The predicted octanol–water partition coefficient (Wildman–Crippen LogP) is 4.85.